The molecule has 2 aromatic rings. The Morgan fingerprint density at radius 2 is 1.74 bits per heavy atom. The van der Waals surface area contributed by atoms with E-state index in [2.05, 4.69) is 48.0 Å². The third kappa shape index (κ3) is 2.82. The highest BCUT2D eigenvalue weighted by Crippen LogP contribution is 2.33. The molecule has 0 bridgehead atoms. The minimum absolute atomic E-state index is 0.186. The Morgan fingerprint density at radius 3 is 2.32 bits per heavy atom. The van der Waals surface area contributed by atoms with Gasteiger partial charge in [-0.15, -0.1) is 0 Å². The maximum Gasteiger partial charge on any atom is 0.124 e. The SMILES string of the molecule is COc1ccc(Br)cc1C(N)c1c(C)cccc1C. The highest BCUT2D eigenvalue weighted by Gasteiger charge is 2.18. The van der Waals surface area contributed by atoms with Crippen molar-refractivity contribution in [3.63, 3.8) is 0 Å². The summed E-state index contributed by atoms with van der Waals surface area (Å²) in [6.45, 7) is 4.18. The van der Waals surface area contributed by atoms with Crippen LogP contribution < -0.4 is 10.5 Å². The molecule has 2 N–H and O–H groups in total. The van der Waals surface area contributed by atoms with Gasteiger partial charge in [0, 0.05) is 10.0 Å². The van der Waals surface area contributed by atoms with Crippen LogP contribution in [0.2, 0.25) is 0 Å². The Morgan fingerprint density at radius 1 is 1.11 bits per heavy atom. The molecule has 0 saturated carbocycles. The Hall–Kier alpha value is -1.32. The first-order valence-corrected chi connectivity index (χ1v) is 6.99. The van der Waals surface area contributed by atoms with Gasteiger partial charge in [-0.05, 0) is 48.7 Å². The monoisotopic (exact) mass is 319 g/mol. The maximum atomic E-state index is 6.46. The molecule has 0 radical (unpaired) electrons. The number of hydrogen-bond donors (Lipinski definition) is 1. The molecule has 0 aromatic heterocycles. The Bertz CT molecular complexity index is 575. The number of rotatable bonds is 3. The molecule has 0 saturated heterocycles. The van der Waals surface area contributed by atoms with E-state index in [1.165, 1.54) is 16.7 Å². The van der Waals surface area contributed by atoms with Crippen molar-refractivity contribution in [3.05, 3.63) is 63.1 Å². The lowest BCUT2D eigenvalue weighted by molar-refractivity contribution is 0.407. The van der Waals surface area contributed by atoms with Crippen LogP contribution in [0.25, 0.3) is 0 Å². The molecule has 0 aliphatic heterocycles. The van der Waals surface area contributed by atoms with Gasteiger partial charge in [-0.25, -0.2) is 0 Å². The van der Waals surface area contributed by atoms with Crippen molar-refractivity contribution in [2.75, 3.05) is 7.11 Å². The van der Waals surface area contributed by atoms with Crippen LogP contribution in [0.5, 0.6) is 5.75 Å². The second kappa shape index (κ2) is 5.76. The van der Waals surface area contributed by atoms with Gasteiger partial charge in [-0.3, -0.25) is 0 Å². The predicted octanol–water partition coefficient (Wildman–Crippen LogP) is 4.12. The van der Waals surface area contributed by atoms with Crippen LogP contribution in [0, 0.1) is 13.8 Å². The van der Waals surface area contributed by atoms with Gasteiger partial charge in [0.25, 0.3) is 0 Å². The van der Waals surface area contributed by atoms with Crippen molar-refractivity contribution in [3.8, 4) is 5.75 Å². The van der Waals surface area contributed by atoms with E-state index in [1.54, 1.807) is 7.11 Å². The summed E-state index contributed by atoms with van der Waals surface area (Å²) in [7, 11) is 1.67. The molecule has 19 heavy (non-hydrogen) atoms. The summed E-state index contributed by atoms with van der Waals surface area (Å²) in [6, 6.07) is 12.0. The number of halogens is 1. The third-order valence-electron chi connectivity index (χ3n) is 3.38. The van der Waals surface area contributed by atoms with E-state index in [0.717, 1.165) is 15.8 Å². The van der Waals surface area contributed by atoms with Gasteiger partial charge in [0.1, 0.15) is 5.75 Å². The van der Waals surface area contributed by atoms with Crippen molar-refractivity contribution in [1.82, 2.24) is 0 Å². The van der Waals surface area contributed by atoms with Gasteiger partial charge in [0.2, 0.25) is 0 Å². The fraction of sp³-hybridized carbons (Fsp3) is 0.250. The number of methoxy groups -OCH3 is 1. The van der Waals surface area contributed by atoms with Crippen molar-refractivity contribution >= 4 is 15.9 Å². The lowest BCUT2D eigenvalue weighted by Crippen LogP contribution is -2.15. The Kier molecular flexibility index (Phi) is 4.27. The largest absolute Gasteiger partial charge is 0.496 e. The number of hydrogen-bond acceptors (Lipinski definition) is 2. The highest BCUT2D eigenvalue weighted by molar-refractivity contribution is 9.10. The van der Waals surface area contributed by atoms with Gasteiger partial charge in [0.05, 0.1) is 13.2 Å². The molecule has 2 aromatic carbocycles. The number of nitrogens with two attached hydrogens (primary N) is 1. The minimum Gasteiger partial charge on any atom is -0.496 e. The fourth-order valence-electron chi connectivity index (χ4n) is 2.42. The van der Waals surface area contributed by atoms with Crippen LogP contribution >= 0.6 is 15.9 Å². The zero-order chi connectivity index (χ0) is 14.0. The summed E-state index contributed by atoms with van der Waals surface area (Å²) in [5.74, 6) is 0.818. The molecule has 0 amide bonds. The van der Waals surface area contributed by atoms with Crippen molar-refractivity contribution in [2.45, 2.75) is 19.9 Å². The topological polar surface area (TPSA) is 35.2 Å². The normalized spacial score (nSPS) is 12.3. The van der Waals surface area contributed by atoms with Gasteiger partial charge >= 0.3 is 0 Å². The number of ether oxygens (including phenoxy) is 1. The Balaban J connectivity index is 2.55. The molecule has 0 heterocycles. The third-order valence-corrected chi connectivity index (χ3v) is 3.87. The number of benzene rings is 2. The van der Waals surface area contributed by atoms with E-state index in [0.29, 0.717) is 0 Å². The fourth-order valence-corrected chi connectivity index (χ4v) is 2.80. The minimum atomic E-state index is -0.186. The molecule has 0 aliphatic rings. The molecule has 2 nitrogen and oxygen atoms in total. The second-order valence-electron chi connectivity index (χ2n) is 4.67. The summed E-state index contributed by atoms with van der Waals surface area (Å²) in [4.78, 5) is 0. The second-order valence-corrected chi connectivity index (χ2v) is 5.59. The molecule has 100 valence electrons. The van der Waals surface area contributed by atoms with Crippen molar-refractivity contribution < 1.29 is 4.74 Å². The molecular formula is C16H18BrNO. The average molecular weight is 320 g/mol. The maximum absolute atomic E-state index is 6.46. The molecular weight excluding hydrogens is 302 g/mol. The first-order chi connectivity index (χ1) is 9.04. The summed E-state index contributed by atoms with van der Waals surface area (Å²) in [5, 5.41) is 0. The molecule has 3 heteroatoms. The van der Waals surface area contributed by atoms with Crippen LogP contribution in [-0.4, -0.2) is 7.11 Å². The summed E-state index contributed by atoms with van der Waals surface area (Å²) in [5.41, 5.74) is 11.0. The summed E-state index contributed by atoms with van der Waals surface area (Å²) in [6.07, 6.45) is 0. The van der Waals surface area contributed by atoms with Gasteiger partial charge < -0.3 is 10.5 Å². The smallest absolute Gasteiger partial charge is 0.124 e. The van der Waals surface area contributed by atoms with Crippen LogP contribution in [0.1, 0.15) is 28.3 Å². The number of aryl methyl sites for hydroxylation is 2. The van der Waals surface area contributed by atoms with Crippen LogP contribution in [-0.2, 0) is 0 Å². The van der Waals surface area contributed by atoms with Gasteiger partial charge in [-0.1, -0.05) is 34.1 Å². The van der Waals surface area contributed by atoms with Crippen LogP contribution in [0.3, 0.4) is 0 Å². The molecule has 0 spiro atoms. The van der Waals surface area contributed by atoms with E-state index in [9.17, 15) is 0 Å². The zero-order valence-electron chi connectivity index (χ0n) is 11.4. The lowest BCUT2D eigenvalue weighted by atomic mass is 9.91. The predicted molar refractivity (Wildman–Crippen MR) is 82.6 cm³/mol. The molecule has 1 atom stereocenters. The van der Waals surface area contributed by atoms with E-state index in [4.69, 9.17) is 10.5 Å². The van der Waals surface area contributed by atoms with E-state index in [-0.39, 0.29) is 6.04 Å². The van der Waals surface area contributed by atoms with Crippen molar-refractivity contribution in [2.24, 2.45) is 5.73 Å². The molecule has 1 unspecified atom stereocenters. The highest BCUT2D eigenvalue weighted by atomic mass is 79.9. The first kappa shape index (κ1) is 14.1. The van der Waals surface area contributed by atoms with Crippen LogP contribution in [0.4, 0.5) is 0 Å². The summed E-state index contributed by atoms with van der Waals surface area (Å²) < 4.78 is 6.43. The van der Waals surface area contributed by atoms with E-state index < -0.39 is 0 Å². The molecule has 0 fully saturated rings. The Labute approximate surface area is 122 Å². The van der Waals surface area contributed by atoms with E-state index >= 15 is 0 Å². The van der Waals surface area contributed by atoms with Crippen LogP contribution in [0.15, 0.2) is 40.9 Å². The first-order valence-electron chi connectivity index (χ1n) is 6.19. The standard InChI is InChI=1S/C16H18BrNO/c1-10-5-4-6-11(2)15(10)16(18)13-9-12(17)7-8-14(13)19-3/h4-9,16H,18H2,1-3H3. The molecule has 2 rings (SSSR count). The van der Waals surface area contributed by atoms with Gasteiger partial charge in [-0.2, -0.15) is 0 Å². The van der Waals surface area contributed by atoms with E-state index in [1.807, 2.05) is 18.2 Å². The zero-order valence-corrected chi connectivity index (χ0v) is 13.0. The van der Waals surface area contributed by atoms with Gasteiger partial charge in [0.15, 0.2) is 0 Å². The lowest BCUT2D eigenvalue weighted by Gasteiger charge is -2.20. The quantitative estimate of drug-likeness (QED) is 0.923. The van der Waals surface area contributed by atoms with Crippen molar-refractivity contribution in [1.29, 1.82) is 0 Å². The average Bonchev–Trinajstić information content (AvgIpc) is 2.38. The molecule has 0 aliphatic carbocycles. The summed E-state index contributed by atoms with van der Waals surface area (Å²) >= 11 is 3.49.